The van der Waals surface area contributed by atoms with Crippen molar-refractivity contribution in [2.24, 2.45) is 0 Å². The van der Waals surface area contributed by atoms with Crippen molar-refractivity contribution in [3.05, 3.63) is 24.3 Å². The Bertz CT molecular complexity index is 950. The number of nitrogens with one attached hydrogen (secondary N) is 1. The number of aliphatic hydroxyl groups is 2. The number of carbonyl (C=O) groups is 2. The zero-order valence-electron chi connectivity index (χ0n) is 40.4. The highest BCUT2D eigenvalue weighted by atomic mass is 16.5. The van der Waals surface area contributed by atoms with Crippen LogP contribution < -0.4 is 5.32 Å². The molecule has 0 saturated carbocycles. The fraction of sp³-hybridized carbons (Fsp3) is 0.889. The van der Waals surface area contributed by atoms with Crippen LogP contribution in [0, 0.1) is 0 Å². The number of carbonyl (C=O) groups excluding carboxylic acids is 2. The second-order valence-corrected chi connectivity index (χ2v) is 18.3. The maximum Gasteiger partial charge on any atom is 0.306 e. The molecule has 0 aliphatic heterocycles. The van der Waals surface area contributed by atoms with Crippen LogP contribution in [0.25, 0.3) is 0 Å². The Labute approximate surface area is 373 Å². The summed E-state index contributed by atoms with van der Waals surface area (Å²) in [5, 5.41) is 23.8. The molecular formula is C54H103NO5. The Morgan fingerprint density at radius 1 is 0.467 bits per heavy atom. The maximum absolute atomic E-state index is 13.2. The number of hydrogen-bond donors (Lipinski definition) is 3. The quantitative estimate of drug-likeness (QED) is 0.0322. The van der Waals surface area contributed by atoms with E-state index in [-0.39, 0.29) is 24.9 Å². The molecule has 0 saturated heterocycles. The number of hydrogen-bond acceptors (Lipinski definition) is 5. The van der Waals surface area contributed by atoms with E-state index < -0.39 is 18.2 Å². The van der Waals surface area contributed by atoms with Crippen LogP contribution in [-0.4, -0.2) is 46.9 Å². The van der Waals surface area contributed by atoms with Crippen LogP contribution in [-0.2, 0) is 14.3 Å². The highest BCUT2D eigenvalue weighted by Crippen LogP contribution is 2.18. The summed E-state index contributed by atoms with van der Waals surface area (Å²) in [4.78, 5) is 26.1. The van der Waals surface area contributed by atoms with Crippen LogP contribution in [0.5, 0.6) is 0 Å². The third kappa shape index (κ3) is 43.0. The predicted molar refractivity (Wildman–Crippen MR) is 260 cm³/mol. The lowest BCUT2D eigenvalue weighted by molar-refractivity contribution is -0.151. The Kier molecular flexibility index (Phi) is 47.0. The molecule has 0 fully saturated rings. The van der Waals surface area contributed by atoms with Gasteiger partial charge >= 0.3 is 5.97 Å². The molecule has 0 rings (SSSR count). The lowest BCUT2D eigenvalue weighted by Crippen LogP contribution is -2.46. The van der Waals surface area contributed by atoms with E-state index in [0.717, 1.165) is 51.4 Å². The van der Waals surface area contributed by atoms with Gasteiger partial charge in [-0.2, -0.15) is 0 Å². The van der Waals surface area contributed by atoms with Crippen molar-refractivity contribution in [3.63, 3.8) is 0 Å². The summed E-state index contributed by atoms with van der Waals surface area (Å²) in [6, 6.07) is -0.706. The third-order valence-corrected chi connectivity index (χ3v) is 12.3. The minimum Gasteiger partial charge on any atom is -0.462 e. The topological polar surface area (TPSA) is 95.9 Å². The van der Waals surface area contributed by atoms with Gasteiger partial charge in [0, 0.05) is 6.42 Å². The fourth-order valence-electron chi connectivity index (χ4n) is 8.19. The number of aliphatic hydroxyl groups excluding tert-OH is 2. The first-order valence-electron chi connectivity index (χ1n) is 26.6. The average Bonchev–Trinajstić information content (AvgIpc) is 3.24. The van der Waals surface area contributed by atoms with Crippen LogP contribution in [0.3, 0.4) is 0 Å². The maximum atomic E-state index is 13.2. The van der Waals surface area contributed by atoms with Gasteiger partial charge in [-0.25, -0.2) is 0 Å². The van der Waals surface area contributed by atoms with Crippen LogP contribution in [0.1, 0.15) is 284 Å². The number of amides is 1. The van der Waals surface area contributed by atoms with E-state index >= 15 is 0 Å². The van der Waals surface area contributed by atoms with Gasteiger partial charge < -0.3 is 20.3 Å². The summed E-state index contributed by atoms with van der Waals surface area (Å²) >= 11 is 0. The molecule has 0 bridgehead atoms. The molecule has 354 valence electrons. The molecular weight excluding hydrogens is 743 g/mol. The molecule has 3 unspecified atom stereocenters. The van der Waals surface area contributed by atoms with E-state index in [0.29, 0.717) is 19.3 Å². The van der Waals surface area contributed by atoms with Gasteiger partial charge in [-0.1, -0.05) is 225 Å². The molecule has 3 N–H and O–H groups in total. The SMILES string of the molecule is CCCCCC/C=C\CCCCCCCCCC(=O)OC(CCC/C=C\CCCCCCCC)CC(=O)NC(CO)C(O)CCCCCCCCCCCCCCCCC. The number of esters is 1. The van der Waals surface area contributed by atoms with Crippen molar-refractivity contribution in [3.8, 4) is 0 Å². The van der Waals surface area contributed by atoms with Crippen molar-refractivity contribution < 1.29 is 24.5 Å². The smallest absolute Gasteiger partial charge is 0.306 e. The van der Waals surface area contributed by atoms with Gasteiger partial charge in [-0.15, -0.1) is 0 Å². The van der Waals surface area contributed by atoms with Crippen molar-refractivity contribution in [2.45, 2.75) is 302 Å². The van der Waals surface area contributed by atoms with E-state index in [1.165, 1.54) is 186 Å². The Morgan fingerprint density at radius 2 is 0.817 bits per heavy atom. The van der Waals surface area contributed by atoms with E-state index in [1.54, 1.807) is 0 Å². The first-order chi connectivity index (χ1) is 29.5. The van der Waals surface area contributed by atoms with Crippen molar-refractivity contribution in [1.82, 2.24) is 5.32 Å². The molecule has 0 radical (unpaired) electrons. The molecule has 1 amide bonds. The summed E-state index contributed by atoms with van der Waals surface area (Å²) in [6.07, 6.45) is 55.3. The lowest BCUT2D eigenvalue weighted by Gasteiger charge is -2.24. The largest absolute Gasteiger partial charge is 0.462 e. The van der Waals surface area contributed by atoms with E-state index in [1.807, 2.05) is 0 Å². The van der Waals surface area contributed by atoms with Crippen molar-refractivity contribution >= 4 is 11.9 Å². The Balaban J connectivity index is 4.51. The molecule has 60 heavy (non-hydrogen) atoms. The monoisotopic (exact) mass is 846 g/mol. The minimum atomic E-state index is -0.791. The van der Waals surface area contributed by atoms with E-state index in [9.17, 15) is 19.8 Å². The number of allylic oxidation sites excluding steroid dienone is 4. The van der Waals surface area contributed by atoms with Crippen LogP contribution in [0.15, 0.2) is 24.3 Å². The summed E-state index contributed by atoms with van der Waals surface area (Å²) in [6.45, 7) is 6.47. The zero-order chi connectivity index (χ0) is 43.8. The Hall–Kier alpha value is -1.66. The molecule has 6 heteroatoms. The molecule has 0 aromatic rings. The van der Waals surface area contributed by atoms with Gasteiger partial charge in [0.1, 0.15) is 6.10 Å². The first-order valence-corrected chi connectivity index (χ1v) is 26.6. The average molecular weight is 846 g/mol. The van der Waals surface area contributed by atoms with Gasteiger partial charge in [0.2, 0.25) is 5.91 Å². The number of ether oxygens (including phenoxy) is 1. The van der Waals surface area contributed by atoms with Crippen LogP contribution in [0.4, 0.5) is 0 Å². The normalized spacial score (nSPS) is 13.3. The molecule has 0 heterocycles. The molecule has 3 atom stereocenters. The molecule has 0 aliphatic rings. The standard InChI is InChI=1S/C54H103NO5/c1-4-7-10-13-16-19-22-24-26-28-31-34-37-40-43-46-52(57)51(49-56)55-53(58)48-50(45-42-39-36-33-30-21-18-15-12-9-6-3)60-54(59)47-44-41-38-35-32-29-27-25-23-20-17-14-11-8-5-2/h20,23,33,36,50-52,56-57H,4-19,21-22,24-32,34-35,37-49H2,1-3H3,(H,55,58)/b23-20-,36-33-. The molecule has 0 spiro atoms. The second kappa shape index (κ2) is 48.4. The molecule has 0 aromatic heterocycles. The minimum absolute atomic E-state index is 0.0590. The Morgan fingerprint density at radius 3 is 1.23 bits per heavy atom. The number of rotatable bonds is 48. The van der Waals surface area contributed by atoms with Gasteiger partial charge in [-0.05, 0) is 70.6 Å². The summed E-state index contributed by atoms with van der Waals surface area (Å²) in [7, 11) is 0. The van der Waals surface area contributed by atoms with Gasteiger partial charge in [-0.3, -0.25) is 9.59 Å². The molecule has 6 nitrogen and oxygen atoms in total. The van der Waals surface area contributed by atoms with E-state index in [4.69, 9.17) is 4.74 Å². The number of unbranched alkanes of at least 4 members (excludes halogenated alkanes) is 32. The van der Waals surface area contributed by atoms with Gasteiger partial charge in [0.25, 0.3) is 0 Å². The van der Waals surface area contributed by atoms with Crippen molar-refractivity contribution in [1.29, 1.82) is 0 Å². The first kappa shape index (κ1) is 58.3. The summed E-state index contributed by atoms with van der Waals surface area (Å²) in [5.74, 6) is -0.497. The fourth-order valence-corrected chi connectivity index (χ4v) is 8.19. The lowest BCUT2D eigenvalue weighted by atomic mass is 10.0. The zero-order valence-corrected chi connectivity index (χ0v) is 40.4. The van der Waals surface area contributed by atoms with Crippen molar-refractivity contribution in [2.75, 3.05) is 6.61 Å². The highest BCUT2D eigenvalue weighted by molar-refractivity contribution is 5.77. The van der Waals surface area contributed by atoms with Gasteiger partial charge in [0.15, 0.2) is 0 Å². The molecule has 0 aliphatic carbocycles. The van der Waals surface area contributed by atoms with Crippen LogP contribution >= 0.6 is 0 Å². The highest BCUT2D eigenvalue weighted by Gasteiger charge is 2.24. The third-order valence-electron chi connectivity index (χ3n) is 12.3. The molecule has 0 aromatic carbocycles. The van der Waals surface area contributed by atoms with E-state index in [2.05, 4.69) is 50.4 Å². The second-order valence-electron chi connectivity index (χ2n) is 18.3. The summed E-state index contributed by atoms with van der Waals surface area (Å²) in [5.41, 5.74) is 0. The predicted octanol–water partition coefficient (Wildman–Crippen LogP) is 15.9. The summed E-state index contributed by atoms with van der Waals surface area (Å²) < 4.78 is 5.91. The van der Waals surface area contributed by atoms with Gasteiger partial charge in [0.05, 0.1) is 25.2 Å². The van der Waals surface area contributed by atoms with Crippen LogP contribution in [0.2, 0.25) is 0 Å².